The lowest BCUT2D eigenvalue weighted by atomic mass is 10.1. The van der Waals surface area contributed by atoms with Gasteiger partial charge in [0.25, 0.3) is 0 Å². The van der Waals surface area contributed by atoms with Crippen molar-refractivity contribution in [2.75, 3.05) is 46.5 Å². The maximum Gasteiger partial charge on any atom is 0.323 e. The van der Waals surface area contributed by atoms with Gasteiger partial charge in [-0.05, 0) is 6.92 Å². The first-order valence-corrected chi connectivity index (χ1v) is 6.36. The minimum absolute atomic E-state index is 0.00188. The molecule has 0 spiro atoms. The van der Waals surface area contributed by atoms with Gasteiger partial charge in [0, 0.05) is 45.8 Å². The van der Waals surface area contributed by atoms with Crippen molar-refractivity contribution in [2.24, 2.45) is 0 Å². The third-order valence-corrected chi connectivity index (χ3v) is 3.73. The second-order valence-corrected chi connectivity index (χ2v) is 4.84. The number of piperazine rings is 1. The third-order valence-electron chi connectivity index (χ3n) is 3.73. The van der Waals surface area contributed by atoms with Crippen LogP contribution in [0.3, 0.4) is 0 Å². The molecule has 0 unspecified atom stereocenters. The van der Waals surface area contributed by atoms with E-state index in [0.717, 1.165) is 39.2 Å². The minimum Gasteiger partial charge on any atom is -0.464 e. The molecule has 0 aromatic carbocycles. The number of carbonyl (C=O) groups is 1. The van der Waals surface area contributed by atoms with E-state index in [9.17, 15) is 4.79 Å². The zero-order valence-electron chi connectivity index (χ0n) is 10.7. The first kappa shape index (κ1) is 12.8. The van der Waals surface area contributed by atoms with Crippen LogP contribution < -0.4 is 0 Å². The molecule has 0 saturated carbocycles. The molecule has 0 amide bonds. The molecule has 2 atom stereocenters. The average Bonchev–Trinajstić information content (AvgIpc) is 2.74. The number of methoxy groups -OCH3 is 1. The van der Waals surface area contributed by atoms with Crippen LogP contribution in [0.15, 0.2) is 0 Å². The van der Waals surface area contributed by atoms with Crippen LogP contribution in [0.2, 0.25) is 0 Å². The summed E-state index contributed by atoms with van der Waals surface area (Å²) in [6.07, 6.45) is 0.851. The summed E-state index contributed by atoms with van der Waals surface area (Å²) in [6, 6.07) is 0.481. The van der Waals surface area contributed by atoms with Crippen LogP contribution in [-0.4, -0.2) is 74.4 Å². The van der Waals surface area contributed by atoms with Crippen molar-refractivity contribution < 1.29 is 14.3 Å². The van der Waals surface area contributed by atoms with E-state index < -0.39 is 0 Å². The highest BCUT2D eigenvalue weighted by Gasteiger charge is 2.35. The average molecular weight is 242 g/mol. The van der Waals surface area contributed by atoms with Gasteiger partial charge in [-0.3, -0.25) is 14.6 Å². The fourth-order valence-electron chi connectivity index (χ4n) is 2.66. The number of esters is 1. The van der Waals surface area contributed by atoms with Crippen molar-refractivity contribution in [1.29, 1.82) is 0 Å². The minimum atomic E-state index is -0.0393. The molecule has 2 aliphatic rings. The van der Waals surface area contributed by atoms with Crippen LogP contribution >= 0.6 is 0 Å². The molecular formula is C12H22N2O3. The van der Waals surface area contributed by atoms with Crippen LogP contribution in [-0.2, 0) is 14.3 Å². The maximum absolute atomic E-state index is 11.5. The SMILES string of the molecule is COCCN1CCN([C@H]2CCOC2=O)C[C@@H]1C. The summed E-state index contributed by atoms with van der Waals surface area (Å²) in [5.41, 5.74) is 0. The van der Waals surface area contributed by atoms with Gasteiger partial charge < -0.3 is 9.47 Å². The van der Waals surface area contributed by atoms with Gasteiger partial charge in [0.2, 0.25) is 0 Å². The maximum atomic E-state index is 11.5. The van der Waals surface area contributed by atoms with Gasteiger partial charge in [0.1, 0.15) is 6.04 Å². The smallest absolute Gasteiger partial charge is 0.323 e. The molecule has 2 aliphatic heterocycles. The fourth-order valence-corrected chi connectivity index (χ4v) is 2.66. The van der Waals surface area contributed by atoms with Gasteiger partial charge in [-0.1, -0.05) is 0 Å². The molecule has 0 radical (unpaired) electrons. The normalized spacial score (nSPS) is 31.8. The number of cyclic esters (lactones) is 1. The number of carbonyl (C=O) groups excluding carboxylic acids is 1. The lowest BCUT2D eigenvalue weighted by Crippen LogP contribution is -2.56. The molecule has 17 heavy (non-hydrogen) atoms. The zero-order chi connectivity index (χ0) is 12.3. The molecule has 98 valence electrons. The van der Waals surface area contributed by atoms with Crippen LogP contribution in [0, 0.1) is 0 Å². The van der Waals surface area contributed by atoms with Gasteiger partial charge in [-0.2, -0.15) is 0 Å². The standard InChI is InChI=1S/C12H22N2O3/c1-10-9-14(11-3-7-17-12(11)15)5-4-13(10)6-8-16-2/h10-11H,3-9H2,1-2H3/t10-,11-/m0/s1. The number of hydrogen-bond acceptors (Lipinski definition) is 5. The molecule has 5 heteroatoms. The largest absolute Gasteiger partial charge is 0.464 e. The molecular weight excluding hydrogens is 220 g/mol. The number of hydrogen-bond donors (Lipinski definition) is 0. The first-order valence-electron chi connectivity index (χ1n) is 6.36. The monoisotopic (exact) mass is 242 g/mol. The van der Waals surface area contributed by atoms with Crippen molar-refractivity contribution in [3.63, 3.8) is 0 Å². The molecule has 0 aliphatic carbocycles. The quantitative estimate of drug-likeness (QED) is 0.647. The van der Waals surface area contributed by atoms with Crippen LogP contribution in [0.5, 0.6) is 0 Å². The first-order chi connectivity index (χ1) is 8.22. The number of nitrogens with zero attached hydrogens (tertiary/aromatic N) is 2. The van der Waals surface area contributed by atoms with Crippen LogP contribution in [0.1, 0.15) is 13.3 Å². The summed E-state index contributed by atoms with van der Waals surface area (Å²) < 4.78 is 10.1. The Kier molecular flexibility index (Phi) is 4.36. The van der Waals surface area contributed by atoms with E-state index in [4.69, 9.17) is 9.47 Å². The van der Waals surface area contributed by atoms with E-state index in [1.807, 2.05) is 0 Å². The summed E-state index contributed by atoms with van der Waals surface area (Å²) in [5.74, 6) is -0.0393. The zero-order valence-corrected chi connectivity index (χ0v) is 10.7. The second kappa shape index (κ2) is 5.80. The van der Waals surface area contributed by atoms with E-state index >= 15 is 0 Å². The Hall–Kier alpha value is -0.650. The van der Waals surface area contributed by atoms with E-state index in [-0.39, 0.29) is 12.0 Å². The lowest BCUT2D eigenvalue weighted by molar-refractivity contribution is -0.143. The highest BCUT2D eigenvalue weighted by atomic mass is 16.5. The second-order valence-electron chi connectivity index (χ2n) is 4.84. The molecule has 0 aromatic heterocycles. The Labute approximate surface area is 103 Å². The van der Waals surface area contributed by atoms with Gasteiger partial charge in [0.15, 0.2) is 0 Å². The summed E-state index contributed by atoms with van der Waals surface area (Å²) in [5, 5.41) is 0. The van der Waals surface area contributed by atoms with Gasteiger partial charge in [-0.15, -0.1) is 0 Å². The predicted octanol–water partition coefficient (Wildman–Crippen LogP) is -0.0456. The van der Waals surface area contributed by atoms with Crippen LogP contribution in [0.25, 0.3) is 0 Å². The van der Waals surface area contributed by atoms with Crippen molar-refractivity contribution >= 4 is 5.97 Å². The van der Waals surface area contributed by atoms with Crippen LogP contribution in [0.4, 0.5) is 0 Å². The van der Waals surface area contributed by atoms with E-state index in [1.54, 1.807) is 7.11 Å². The van der Waals surface area contributed by atoms with Crippen molar-refractivity contribution in [3.8, 4) is 0 Å². The van der Waals surface area contributed by atoms with E-state index in [0.29, 0.717) is 12.6 Å². The lowest BCUT2D eigenvalue weighted by Gasteiger charge is -2.41. The molecule has 0 aromatic rings. The topological polar surface area (TPSA) is 42.0 Å². The summed E-state index contributed by atoms with van der Waals surface area (Å²) >= 11 is 0. The molecule has 0 N–H and O–H groups in total. The Morgan fingerprint density at radius 3 is 2.88 bits per heavy atom. The number of ether oxygens (including phenoxy) is 2. The fraction of sp³-hybridized carbons (Fsp3) is 0.917. The summed E-state index contributed by atoms with van der Waals surface area (Å²) in [4.78, 5) is 16.2. The van der Waals surface area contributed by atoms with E-state index in [1.165, 1.54) is 0 Å². The Morgan fingerprint density at radius 2 is 2.29 bits per heavy atom. The van der Waals surface area contributed by atoms with Crippen molar-refractivity contribution in [3.05, 3.63) is 0 Å². The van der Waals surface area contributed by atoms with Gasteiger partial charge in [0.05, 0.1) is 13.2 Å². The van der Waals surface area contributed by atoms with Crippen molar-refractivity contribution in [1.82, 2.24) is 9.80 Å². The molecule has 5 nitrogen and oxygen atoms in total. The molecule has 2 saturated heterocycles. The summed E-state index contributed by atoms with van der Waals surface area (Å²) in [6.45, 7) is 7.45. The Balaban J connectivity index is 1.84. The summed E-state index contributed by atoms with van der Waals surface area (Å²) in [7, 11) is 1.73. The third kappa shape index (κ3) is 2.97. The van der Waals surface area contributed by atoms with Gasteiger partial charge in [-0.25, -0.2) is 0 Å². The number of rotatable bonds is 4. The molecule has 2 rings (SSSR count). The molecule has 0 bridgehead atoms. The highest BCUT2D eigenvalue weighted by molar-refractivity contribution is 5.77. The predicted molar refractivity (Wildman–Crippen MR) is 63.8 cm³/mol. The van der Waals surface area contributed by atoms with Gasteiger partial charge >= 0.3 is 5.97 Å². The van der Waals surface area contributed by atoms with E-state index in [2.05, 4.69) is 16.7 Å². The molecule has 2 fully saturated rings. The Bertz CT molecular complexity index is 272. The van der Waals surface area contributed by atoms with Crippen molar-refractivity contribution in [2.45, 2.75) is 25.4 Å². The Morgan fingerprint density at radius 1 is 1.47 bits per heavy atom. The molecule has 2 heterocycles. The highest BCUT2D eigenvalue weighted by Crippen LogP contribution is 2.18.